The van der Waals surface area contributed by atoms with Gasteiger partial charge in [-0.15, -0.1) is 0 Å². The Kier molecular flexibility index (Phi) is 5.13. The van der Waals surface area contributed by atoms with Gasteiger partial charge in [-0.05, 0) is 31.2 Å². The molecule has 1 aliphatic rings. The van der Waals surface area contributed by atoms with E-state index in [2.05, 4.69) is 10.9 Å². The first-order valence-electron chi connectivity index (χ1n) is 7.56. The number of amides is 2. The van der Waals surface area contributed by atoms with Gasteiger partial charge in [0.2, 0.25) is 6.79 Å². The van der Waals surface area contributed by atoms with Crippen molar-refractivity contribution in [3.8, 4) is 17.2 Å². The molecule has 1 atom stereocenters. The molecule has 0 saturated carbocycles. The predicted molar refractivity (Wildman–Crippen MR) is 89.7 cm³/mol. The highest BCUT2D eigenvalue weighted by Crippen LogP contribution is 2.39. The van der Waals surface area contributed by atoms with Gasteiger partial charge in [0, 0.05) is 5.56 Å². The molecule has 7 nitrogen and oxygen atoms in total. The molecule has 1 heterocycles. The van der Waals surface area contributed by atoms with Gasteiger partial charge in [-0.2, -0.15) is 0 Å². The van der Waals surface area contributed by atoms with Crippen LogP contribution in [0.3, 0.4) is 0 Å². The second kappa shape index (κ2) is 7.49. The molecule has 0 unspecified atom stereocenters. The summed E-state index contributed by atoms with van der Waals surface area (Å²) in [5.74, 6) is -1.23. The topological polar surface area (TPSA) is 85.9 Å². The lowest BCUT2D eigenvalue weighted by atomic mass is 10.2. The molecule has 2 aromatic rings. The van der Waals surface area contributed by atoms with Crippen molar-refractivity contribution in [1.29, 1.82) is 0 Å². The van der Waals surface area contributed by atoms with Crippen molar-refractivity contribution in [3.05, 3.63) is 52.8 Å². The van der Waals surface area contributed by atoms with Crippen LogP contribution in [0.25, 0.3) is 0 Å². The molecule has 0 radical (unpaired) electrons. The Morgan fingerprint density at radius 2 is 2.00 bits per heavy atom. The monoisotopic (exact) mass is 380 g/mol. The van der Waals surface area contributed by atoms with E-state index in [1.54, 1.807) is 6.07 Å². The number of carbonyl (C=O) groups is 2. The number of hydrazine groups is 1. The maximum atomic E-state index is 13.5. The predicted octanol–water partition coefficient (Wildman–Crippen LogP) is 2.44. The average Bonchev–Trinajstić information content (AvgIpc) is 3.10. The van der Waals surface area contributed by atoms with Crippen molar-refractivity contribution in [2.75, 3.05) is 6.79 Å². The van der Waals surface area contributed by atoms with Crippen LogP contribution in [0, 0.1) is 5.82 Å². The molecule has 136 valence electrons. The molecule has 0 bridgehead atoms. The maximum absolute atomic E-state index is 13.5. The fraction of sp³-hybridized carbons (Fsp3) is 0.176. The Balaban J connectivity index is 1.58. The van der Waals surface area contributed by atoms with E-state index in [1.165, 1.54) is 37.3 Å². The van der Waals surface area contributed by atoms with Crippen molar-refractivity contribution < 1.29 is 28.2 Å². The summed E-state index contributed by atoms with van der Waals surface area (Å²) in [7, 11) is 0. The van der Waals surface area contributed by atoms with Gasteiger partial charge in [0.15, 0.2) is 29.2 Å². The zero-order chi connectivity index (χ0) is 18.7. The lowest BCUT2D eigenvalue weighted by Crippen LogP contribution is -2.47. The van der Waals surface area contributed by atoms with Gasteiger partial charge in [0.05, 0.1) is 5.02 Å². The third-order valence-electron chi connectivity index (χ3n) is 3.50. The standard InChI is InChI=1S/C17H14ClFN2O5/c1-9(26-13-5-3-2-4-12(13)19)16(22)20-21-17(23)10-6-11(18)15-14(7-10)24-8-25-15/h2-7,9H,8H2,1H3,(H,20,22)(H,21,23)/t9-/m0/s1. The lowest BCUT2D eigenvalue weighted by molar-refractivity contribution is -0.128. The number of carbonyl (C=O) groups excluding carboxylic acids is 2. The van der Waals surface area contributed by atoms with E-state index >= 15 is 0 Å². The summed E-state index contributed by atoms with van der Waals surface area (Å²) in [5.41, 5.74) is 4.61. The number of benzene rings is 2. The summed E-state index contributed by atoms with van der Waals surface area (Å²) in [4.78, 5) is 24.2. The number of rotatable bonds is 4. The van der Waals surface area contributed by atoms with Gasteiger partial charge in [-0.1, -0.05) is 23.7 Å². The number of hydrogen-bond donors (Lipinski definition) is 2. The highest BCUT2D eigenvalue weighted by molar-refractivity contribution is 6.32. The van der Waals surface area contributed by atoms with E-state index in [9.17, 15) is 14.0 Å². The van der Waals surface area contributed by atoms with E-state index in [1.807, 2.05) is 0 Å². The Bertz CT molecular complexity index is 861. The molecule has 0 fully saturated rings. The van der Waals surface area contributed by atoms with Crippen LogP contribution in [0.15, 0.2) is 36.4 Å². The Morgan fingerprint density at radius 3 is 2.77 bits per heavy atom. The van der Waals surface area contributed by atoms with Crippen LogP contribution in [0.5, 0.6) is 17.2 Å². The highest BCUT2D eigenvalue weighted by atomic mass is 35.5. The molecule has 2 N–H and O–H groups in total. The van der Waals surface area contributed by atoms with Crippen molar-refractivity contribution in [2.45, 2.75) is 13.0 Å². The summed E-state index contributed by atoms with van der Waals surface area (Å²) in [6.07, 6.45) is -1.03. The van der Waals surface area contributed by atoms with Gasteiger partial charge in [-0.25, -0.2) is 4.39 Å². The SMILES string of the molecule is C[C@H](Oc1ccccc1F)C(=O)NNC(=O)c1cc(Cl)c2c(c1)OCO2. The number of fused-ring (bicyclic) bond motifs is 1. The first-order chi connectivity index (χ1) is 12.5. The van der Waals surface area contributed by atoms with Gasteiger partial charge in [-0.3, -0.25) is 20.4 Å². The normalized spacial score (nSPS) is 13.0. The van der Waals surface area contributed by atoms with E-state index in [-0.39, 0.29) is 23.1 Å². The van der Waals surface area contributed by atoms with E-state index in [0.29, 0.717) is 11.5 Å². The second-order valence-corrected chi connectivity index (χ2v) is 5.73. The van der Waals surface area contributed by atoms with E-state index in [0.717, 1.165) is 0 Å². The first-order valence-corrected chi connectivity index (χ1v) is 7.94. The van der Waals surface area contributed by atoms with Crippen LogP contribution < -0.4 is 25.1 Å². The largest absolute Gasteiger partial charge is 0.478 e. The third kappa shape index (κ3) is 3.80. The fourth-order valence-electron chi connectivity index (χ4n) is 2.17. The molecule has 0 spiro atoms. The lowest BCUT2D eigenvalue weighted by Gasteiger charge is -2.15. The number of ether oxygens (including phenoxy) is 3. The molecular weight excluding hydrogens is 367 g/mol. The number of halogens is 2. The third-order valence-corrected chi connectivity index (χ3v) is 3.78. The summed E-state index contributed by atoms with van der Waals surface area (Å²) < 4.78 is 29.1. The molecule has 1 aliphatic heterocycles. The van der Waals surface area contributed by atoms with E-state index in [4.69, 9.17) is 25.8 Å². The van der Waals surface area contributed by atoms with Gasteiger partial charge in [0.25, 0.3) is 11.8 Å². The smallest absolute Gasteiger partial charge is 0.279 e. The van der Waals surface area contributed by atoms with Crippen molar-refractivity contribution in [3.63, 3.8) is 0 Å². The summed E-state index contributed by atoms with van der Waals surface area (Å²) >= 11 is 6.01. The zero-order valence-corrected chi connectivity index (χ0v) is 14.3. The van der Waals surface area contributed by atoms with Crippen molar-refractivity contribution in [1.82, 2.24) is 10.9 Å². The molecular formula is C17H14ClFN2O5. The number of para-hydroxylation sites is 1. The zero-order valence-electron chi connectivity index (χ0n) is 13.5. The van der Waals surface area contributed by atoms with Crippen molar-refractivity contribution >= 4 is 23.4 Å². The number of nitrogens with one attached hydrogen (secondary N) is 2. The number of hydrogen-bond acceptors (Lipinski definition) is 5. The van der Waals surface area contributed by atoms with Crippen LogP contribution >= 0.6 is 11.6 Å². The minimum Gasteiger partial charge on any atom is -0.478 e. The molecule has 9 heteroatoms. The highest BCUT2D eigenvalue weighted by Gasteiger charge is 2.22. The van der Waals surface area contributed by atoms with Gasteiger partial charge >= 0.3 is 0 Å². The van der Waals surface area contributed by atoms with E-state index < -0.39 is 23.7 Å². The van der Waals surface area contributed by atoms with Crippen LogP contribution in [0.1, 0.15) is 17.3 Å². The minimum atomic E-state index is -1.03. The molecule has 3 rings (SSSR count). The maximum Gasteiger partial charge on any atom is 0.279 e. The summed E-state index contributed by atoms with van der Waals surface area (Å²) in [5, 5.41) is 0.215. The molecule has 26 heavy (non-hydrogen) atoms. The van der Waals surface area contributed by atoms with Crippen LogP contribution in [-0.2, 0) is 4.79 Å². The summed E-state index contributed by atoms with van der Waals surface area (Å²) in [6.45, 7) is 1.44. The van der Waals surface area contributed by atoms with Crippen LogP contribution in [0.4, 0.5) is 4.39 Å². The van der Waals surface area contributed by atoms with Crippen LogP contribution in [0.2, 0.25) is 5.02 Å². The molecule has 2 aromatic carbocycles. The Labute approximate surface area is 153 Å². The van der Waals surface area contributed by atoms with Crippen LogP contribution in [-0.4, -0.2) is 24.7 Å². The molecule has 2 amide bonds. The first kappa shape index (κ1) is 17.8. The second-order valence-electron chi connectivity index (χ2n) is 5.33. The van der Waals surface area contributed by atoms with Gasteiger partial charge < -0.3 is 14.2 Å². The summed E-state index contributed by atoms with van der Waals surface area (Å²) in [6, 6.07) is 8.51. The van der Waals surface area contributed by atoms with Crippen molar-refractivity contribution in [2.24, 2.45) is 0 Å². The Hall–Kier alpha value is -3.00. The molecule has 0 saturated heterocycles. The fourth-order valence-corrected chi connectivity index (χ4v) is 2.44. The Morgan fingerprint density at radius 1 is 1.23 bits per heavy atom. The minimum absolute atomic E-state index is 0.0156. The van der Waals surface area contributed by atoms with Gasteiger partial charge in [0.1, 0.15) is 0 Å². The quantitative estimate of drug-likeness (QED) is 0.796. The molecule has 0 aromatic heterocycles. The average molecular weight is 381 g/mol. The molecule has 0 aliphatic carbocycles.